The van der Waals surface area contributed by atoms with Gasteiger partial charge in [0.15, 0.2) is 0 Å². The van der Waals surface area contributed by atoms with E-state index < -0.39 is 17.8 Å². The van der Waals surface area contributed by atoms with Gasteiger partial charge in [0.2, 0.25) is 5.71 Å². The molecule has 0 unspecified atom stereocenters. The number of halogens is 3. The van der Waals surface area contributed by atoms with Crippen LogP contribution in [-0.2, 0) is 0 Å². The Morgan fingerprint density at radius 1 is 1.28 bits per heavy atom. The molecule has 0 aromatic heterocycles. The number of alkyl halides is 3. The molecule has 0 atom stereocenters. The molecule has 18 heavy (non-hydrogen) atoms. The Labute approximate surface area is 99.7 Å². The molecule has 92 valence electrons. The lowest BCUT2D eigenvalue weighted by atomic mass is 10.3. The van der Waals surface area contributed by atoms with Gasteiger partial charge in [-0.15, -0.1) is 13.2 Å². The molecule has 1 rings (SSSR count). The highest BCUT2D eigenvalue weighted by atomic mass is 19.4. The van der Waals surface area contributed by atoms with Crippen molar-refractivity contribution in [1.29, 1.82) is 10.5 Å². The number of hydrogen-bond acceptors (Lipinski definition) is 5. The third-order valence-electron chi connectivity index (χ3n) is 1.58. The molecule has 0 bridgehead atoms. The first-order valence-corrected chi connectivity index (χ1v) is 4.44. The molecule has 0 aliphatic carbocycles. The summed E-state index contributed by atoms with van der Waals surface area (Å²) < 4.78 is 39.5. The van der Waals surface area contributed by atoms with Gasteiger partial charge in [-0.1, -0.05) is 6.07 Å². The first-order chi connectivity index (χ1) is 8.44. The van der Waals surface area contributed by atoms with Crippen molar-refractivity contribution in [3.8, 4) is 17.9 Å². The van der Waals surface area contributed by atoms with Gasteiger partial charge in [0, 0.05) is 6.07 Å². The van der Waals surface area contributed by atoms with Crippen molar-refractivity contribution in [2.75, 3.05) is 5.43 Å². The van der Waals surface area contributed by atoms with Gasteiger partial charge in [-0.05, 0) is 12.1 Å². The van der Waals surface area contributed by atoms with Crippen molar-refractivity contribution < 1.29 is 17.9 Å². The Kier molecular flexibility index (Phi) is 4.11. The van der Waals surface area contributed by atoms with Crippen LogP contribution in [0.3, 0.4) is 0 Å². The Hall–Kier alpha value is -2.74. The van der Waals surface area contributed by atoms with Gasteiger partial charge < -0.3 is 4.74 Å². The number of hydrazone groups is 1. The van der Waals surface area contributed by atoms with Crippen molar-refractivity contribution in [2.45, 2.75) is 6.36 Å². The molecule has 8 heteroatoms. The van der Waals surface area contributed by atoms with Gasteiger partial charge in [-0.3, -0.25) is 5.43 Å². The van der Waals surface area contributed by atoms with Crippen LogP contribution in [0, 0.1) is 22.7 Å². The standard InChI is InChI=1S/C10H5F3N4O/c11-10(12,13)18-9-3-1-2-7(4-9)16-17-8(5-14)6-15/h1-4,16H. The SMILES string of the molecule is N#CC(C#N)=NNc1cccc(OC(F)(F)F)c1. The van der Waals surface area contributed by atoms with E-state index in [4.69, 9.17) is 10.5 Å². The fraction of sp³-hybridized carbons (Fsp3) is 0.100. The van der Waals surface area contributed by atoms with Gasteiger partial charge >= 0.3 is 6.36 Å². The molecule has 0 aliphatic heterocycles. The number of nitriles is 2. The van der Waals surface area contributed by atoms with Crippen LogP contribution in [0.1, 0.15) is 0 Å². The number of nitrogens with one attached hydrogen (secondary N) is 1. The van der Waals surface area contributed by atoms with E-state index >= 15 is 0 Å². The van der Waals surface area contributed by atoms with Crippen molar-refractivity contribution in [2.24, 2.45) is 5.10 Å². The molecule has 0 heterocycles. The number of nitrogens with zero attached hydrogens (tertiary/aromatic N) is 3. The molecule has 1 aromatic rings. The molecule has 1 aromatic carbocycles. The quantitative estimate of drug-likeness (QED) is 0.663. The van der Waals surface area contributed by atoms with E-state index in [1.165, 1.54) is 24.3 Å². The summed E-state index contributed by atoms with van der Waals surface area (Å²) in [5.74, 6) is -0.432. The number of ether oxygens (including phenoxy) is 1. The third-order valence-corrected chi connectivity index (χ3v) is 1.58. The van der Waals surface area contributed by atoms with Gasteiger partial charge in [0.25, 0.3) is 0 Å². The number of anilines is 1. The normalized spacial score (nSPS) is 9.83. The van der Waals surface area contributed by atoms with Crippen LogP contribution in [0.2, 0.25) is 0 Å². The van der Waals surface area contributed by atoms with Gasteiger partial charge in [-0.25, -0.2) is 0 Å². The lowest BCUT2D eigenvalue weighted by Crippen LogP contribution is -2.17. The summed E-state index contributed by atoms with van der Waals surface area (Å²) in [6, 6.07) is 7.82. The molecule has 0 saturated carbocycles. The summed E-state index contributed by atoms with van der Waals surface area (Å²) >= 11 is 0. The number of rotatable bonds is 3. The van der Waals surface area contributed by atoms with Gasteiger partial charge in [-0.2, -0.15) is 15.6 Å². The maximum Gasteiger partial charge on any atom is 0.573 e. The van der Waals surface area contributed by atoms with E-state index in [1.54, 1.807) is 0 Å². The van der Waals surface area contributed by atoms with Crippen LogP contribution in [0.25, 0.3) is 0 Å². The molecule has 0 spiro atoms. The monoisotopic (exact) mass is 254 g/mol. The van der Waals surface area contributed by atoms with Crippen LogP contribution in [-0.4, -0.2) is 12.1 Å². The number of hydrogen-bond donors (Lipinski definition) is 1. The minimum Gasteiger partial charge on any atom is -0.406 e. The van der Waals surface area contributed by atoms with E-state index in [-0.39, 0.29) is 5.69 Å². The molecule has 0 amide bonds. The lowest BCUT2D eigenvalue weighted by molar-refractivity contribution is -0.274. The second-order valence-electron chi connectivity index (χ2n) is 2.87. The Morgan fingerprint density at radius 2 is 1.94 bits per heavy atom. The molecule has 0 aliphatic rings. The largest absolute Gasteiger partial charge is 0.573 e. The molecule has 0 radical (unpaired) electrons. The molecule has 0 saturated heterocycles. The Morgan fingerprint density at radius 3 is 2.50 bits per heavy atom. The van der Waals surface area contributed by atoms with Crippen LogP contribution < -0.4 is 10.2 Å². The summed E-state index contributed by atoms with van der Waals surface area (Å²) in [5, 5.41) is 20.2. The minimum atomic E-state index is -4.79. The zero-order chi connectivity index (χ0) is 13.6. The Bertz CT molecular complexity index is 523. The van der Waals surface area contributed by atoms with Crippen molar-refractivity contribution in [3.63, 3.8) is 0 Å². The van der Waals surface area contributed by atoms with Crippen LogP contribution in [0.4, 0.5) is 18.9 Å². The molecule has 5 nitrogen and oxygen atoms in total. The van der Waals surface area contributed by atoms with E-state index in [0.717, 1.165) is 12.1 Å². The van der Waals surface area contributed by atoms with Crippen LogP contribution >= 0.6 is 0 Å². The Balaban J connectivity index is 2.81. The molecular weight excluding hydrogens is 249 g/mol. The second-order valence-corrected chi connectivity index (χ2v) is 2.87. The zero-order valence-corrected chi connectivity index (χ0v) is 8.69. The highest BCUT2D eigenvalue weighted by molar-refractivity contribution is 6.10. The first kappa shape index (κ1) is 13.3. The predicted molar refractivity (Wildman–Crippen MR) is 55.4 cm³/mol. The number of benzene rings is 1. The molecular formula is C10H5F3N4O. The van der Waals surface area contributed by atoms with E-state index in [1.807, 2.05) is 0 Å². The zero-order valence-electron chi connectivity index (χ0n) is 8.69. The molecule has 0 fully saturated rings. The second kappa shape index (κ2) is 5.55. The topological polar surface area (TPSA) is 81.2 Å². The minimum absolute atomic E-state index is 0.153. The first-order valence-electron chi connectivity index (χ1n) is 4.44. The summed E-state index contributed by atoms with van der Waals surface area (Å²) in [6.07, 6.45) is -4.79. The van der Waals surface area contributed by atoms with Crippen molar-refractivity contribution in [3.05, 3.63) is 24.3 Å². The lowest BCUT2D eigenvalue weighted by Gasteiger charge is -2.09. The average molecular weight is 254 g/mol. The highest BCUT2D eigenvalue weighted by Gasteiger charge is 2.31. The third kappa shape index (κ3) is 4.41. The van der Waals surface area contributed by atoms with Crippen LogP contribution in [0.5, 0.6) is 5.75 Å². The summed E-state index contributed by atoms with van der Waals surface area (Å²) in [6.45, 7) is 0. The van der Waals surface area contributed by atoms with E-state index in [9.17, 15) is 13.2 Å². The average Bonchev–Trinajstić information content (AvgIpc) is 2.28. The van der Waals surface area contributed by atoms with Gasteiger partial charge in [0.1, 0.15) is 17.9 Å². The van der Waals surface area contributed by atoms with E-state index in [0.29, 0.717) is 0 Å². The highest BCUT2D eigenvalue weighted by Crippen LogP contribution is 2.24. The predicted octanol–water partition coefficient (Wildman–Crippen LogP) is 2.40. The fourth-order valence-electron chi connectivity index (χ4n) is 0.958. The van der Waals surface area contributed by atoms with Crippen molar-refractivity contribution in [1.82, 2.24) is 0 Å². The summed E-state index contributed by atoms with van der Waals surface area (Å²) in [4.78, 5) is 0. The van der Waals surface area contributed by atoms with E-state index in [2.05, 4.69) is 15.3 Å². The molecule has 1 N–H and O–H groups in total. The van der Waals surface area contributed by atoms with Gasteiger partial charge in [0.05, 0.1) is 5.69 Å². The summed E-state index contributed by atoms with van der Waals surface area (Å²) in [5.41, 5.74) is 1.97. The summed E-state index contributed by atoms with van der Waals surface area (Å²) in [7, 11) is 0. The van der Waals surface area contributed by atoms with Crippen LogP contribution in [0.15, 0.2) is 29.4 Å². The maximum absolute atomic E-state index is 11.9. The smallest absolute Gasteiger partial charge is 0.406 e. The van der Waals surface area contributed by atoms with Crippen molar-refractivity contribution >= 4 is 11.4 Å². The maximum atomic E-state index is 11.9. The fourth-order valence-corrected chi connectivity index (χ4v) is 0.958.